The van der Waals surface area contributed by atoms with Crippen LogP contribution in [0.5, 0.6) is 0 Å². The molecule has 0 aliphatic carbocycles. The van der Waals surface area contributed by atoms with Crippen LogP contribution in [0.25, 0.3) is 0 Å². The minimum Gasteiger partial charge on any atom is -0.450 e. The minimum absolute atomic E-state index is 0.231. The van der Waals surface area contributed by atoms with Gasteiger partial charge in [0.2, 0.25) is 0 Å². The Kier molecular flexibility index (Phi) is 7.23. The predicted molar refractivity (Wildman–Crippen MR) is 33.9 cm³/mol. The minimum atomic E-state index is -4.64. The first-order valence-electron chi connectivity index (χ1n) is 2.41. The van der Waals surface area contributed by atoms with Gasteiger partial charge in [-0.1, -0.05) is 0 Å². The van der Waals surface area contributed by atoms with Crippen molar-refractivity contribution >= 4 is 14.0 Å². The van der Waals surface area contributed by atoms with Crippen molar-refractivity contribution in [2.75, 3.05) is 6.61 Å². The number of phosphoric acid groups is 1. The Bertz CT molecular complexity index is 140. The number of carboxylic acid groups (broad SMARTS) is 1. The zero-order chi connectivity index (χ0) is 9.49. The van der Waals surface area contributed by atoms with E-state index in [9.17, 15) is 4.79 Å². The summed E-state index contributed by atoms with van der Waals surface area (Å²) in [5.74, 6) is 0. The van der Waals surface area contributed by atoms with E-state index in [1.165, 1.54) is 0 Å². The molecule has 0 amide bonds. The second kappa shape index (κ2) is 6.11. The molecule has 4 N–H and O–H groups in total. The van der Waals surface area contributed by atoms with Crippen LogP contribution >= 0.6 is 7.82 Å². The molecule has 0 atom stereocenters. The average Bonchev–Trinajstić information content (AvgIpc) is 1.58. The molecule has 0 saturated heterocycles. The van der Waals surface area contributed by atoms with Crippen molar-refractivity contribution < 1.29 is 33.9 Å². The van der Waals surface area contributed by atoms with Gasteiger partial charge in [0.1, 0.15) is 0 Å². The summed E-state index contributed by atoms with van der Waals surface area (Å²) < 4.78 is 12.8. The van der Waals surface area contributed by atoms with E-state index in [2.05, 4.69) is 4.74 Å². The van der Waals surface area contributed by atoms with Crippen LogP contribution in [0.3, 0.4) is 0 Å². The number of ether oxygens (including phenoxy) is 1. The lowest BCUT2D eigenvalue weighted by molar-refractivity contribution is 0.0966. The number of carbonyl (C=O) groups is 1. The lowest BCUT2D eigenvalue weighted by Gasteiger charge is -1.87. The molecule has 0 bridgehead atoms. The first-order valence-corrected chi connectivity index (χ1v) is 3.98. The highest BCUT2D eigenvalue weighted by molar-refractivity contribution is 7.45. The van der Waals surface area contributed by atoms with Crippen LogP contribution in [0, 0.1) is 0 Å². The lowest BCUT2D eigenvalue weighted by atomic mass is 10.9. The molecule has 0 unspecified atom stereocenters. The molecule has 0 aromatic rings. The number of rotatable bonds is 1. The van der Waals surface area contributed by atoms with Gasteiger partial charge in [-0.05, 0) is 6.92 Å². The van der Waals surface area contributed by atoms with Crippen LogP contribution in [0.2, 0.25) is 0 Å². The molecule has 0 radical (unpaired) electrons. The lowest BCUT2D eigenvalue weighted by Crippen LogP contribution is -1.97. The van der Waals surface area contributed by atoms with Gasteiger partial charge in [0.15, 0.2) is 0 Å². The second-order valence-corrected chi connectivity index (χ2v) is 2.24. The van der Waals surface area contributed by atoms with Gasteiger partial charge in [0.05, 0.1) is 6.61 Å². The maximum absolute atomic E-state index is 9.38. The zero-order valence-electron chi connectivity index (χ0n) is 5.67. The van der Waals surface area contributed by atoms with Crippen molar-refractivity contribution in [2.45, 2.75) is 6.92 Å². The SMILES string of the molecule is CCOC(=O)O.O=P(O)(O)O. The van der Waals surface area contributed by atoms with Gasteiger partial charge in [-0.15, -0.1) is 0 Å². The molecule has 7 nitrogen and oxygen atoms in total. The fourth-order valence-corrected chi connectivity index (χ4v) is 0.123. The third-order valence-electron chi connectivity index (χ3n) is 0.268. The van der Waals surface area contributed by atoms with E-state index in [4.69, 9.17) is 24.4 Å². The molecule has 0 fully saturated rings. The second-order valence-electron chi connectivity index (χ2n) is 1.21. The van der Waals surface area contributed by atoms with Gasteiger partial charge < -0.3 is 24.5 Å². The van der Waals surface area contributed by atoms with E-state index in [1.807, 2.05) is 0 Å². The predicted octanol–water partition coefficient (Wildman–Crippen LogP) is -0.228. The van der Waals surface area contributed by atoms with Crippen molar-refractivity contribution in [3.8, 4) is 0 Å². The van der Waals surface area contributed by atoms with E-state index >= 15 is 0 Å². The van der Waals surface area contributed by atoms with Crippen LogP contribution in [0.4, 0.5) is 4.79 Å². The molecule has 0 spiro atoms. The standard InChI is InChI=1S/C3H6O3.H3O4P/c1-2-6-3(4)5;1-5(2,3)4/h2H2,1H3,(H,4,5);(H3,1,2,3,4). The van der Waals surface area contributed by atoms with Crippen LogP contribution in [0.1, 0.15) is 6.92 Å². The monoisotopic (exact) mass is 188 g/mol. The van der Waals surface area contributed by atoms with E-state index in [0.717, 1.165) is 0 Å². The summed E-state index contributed by atoms with van der Waals surface area (Å²) >= 11 is 0. The number of hydrogen-bond donors (Lipinski definition) is 4. The molecular formula is C3H9O7P. The maximum atomic E-state index is 9.38. The van der Waals surface area contributed by atoms with Gasteiger partial charge in [-0.25, -0.2) is 9.36 Å². The van der Waals surface area contributed by atoms with Crippen molar-refractivity contribution in [3.05, 3.63) is 0 Å². The third kappa shape index (κ3) is 90.2. The van der Waals surface area contributed by atoms with Crippen molar-refractivity contribution in [1.29, 1.82) is 0 Å². The Labute approximate surface area is 62.5 Å². The zero-order valence-corrected chi connectivity index (χ0v) is 6.56. The van der Waals surface area contributed by atoms with E-state index in [0.29, 0.717) is 0 Å². The Hall–Kier alpha value is -0.620. The molecule has 0 aromatic carbocycles. The Balaban J connectivity index is 0. The molecule has 0 aromatic heterocycles. The van der Waals surface area contributed by atoms with Crippen LogP contribution in [0.15, 0.2) is 0 Å². The number of hydrogen-bond acceptors (Lipinski definition) is 3. The largest absolute Gasteiger partial charge is 0.505 e. The quantitative estimate of drug-likeness (QED) is 0.331. The summed E-state index contributed by atoms with van der Waals surface area (Å²) in [6.45, 7) is 1.85. The highest BCUT2D eigenvalue weighted by Gasteiger charge is 2.00. The smallest absolute Gasteiger partial charge is 0.450 e. The average molecular weight is 188 g/mol. The molecule has 0 rings (SSSR count). The Morgan fingerprint density at radius 1 is 1.45 bits per heavy atom. The molecular weight excluding hydrogens is 179 g/mol. The van der Waals surface area contributed by atoms with E-state index < -0.39 is 14.0 Å². The normalized spacial score (nSPS) is 9.45. The first-order chi connectivity index (χ1) is 4.77. The summed E-state index contributed by atoms with van der Waals surface area (Å²) in [5, 5.41) is 7.69. The topological polar surface area (TPSA) is 124 Å². The fourth-order valence-electron chi connectivity index (χ4n) is 0.123. The molecule has 0 aliphatic rings. The van der Waals surface area contributed by atoms with Gasteiger partial charge >= 0.3 is 14.0 Å². The van der Waals surface area contributed by atoms with E-state index in [-0.39, 0.29) is 6.61 Å². The molecule has 0 aliphatic heterocycles. The van der Waals surface area contributed by atoms with E-state index in [1.54, 1.807) is 6.92 Å². The van der Waals surface area contributed by atoms with Crippen LogP contribution < -0.4 is 0 Å². The summed E-state index contributed by atoms with van der Waals surface area (Å²) in [5.41, 5.74) is 0. The summed E-state index contributed by atoms with van der Waals surface area (Å²) in [7, 11) is -4.64. The van der Waals surface area contributed by atoms with Crippen LogP contribution in [-0.4, -0.2) is 32.5 Å². The molecule has 68 valence electrons. The van der Waals surface area contributed by atoms with Crippen molar-refractivity contribution in [3.63, 3.8) is 0 Å². The molecule has 8 heteroatoms. The fraction of sp³-hybridized carbons (Fsp3) is 0.667. The maximum Gasteiger partial charge on any atom is 0.505 e. The highest BCUT2D eigenvalue weighted by Crippen LogP contribution is 2.25. The molecule has 0 heterocycles. The van der Waals surface area contributed by atoms with Gasteiger partial charge in [-0.2, -0.15) is 0 Å². The Morgan fingerprint density at radius 2 is 1.73 bits per heavy atom. The first kappa shape index (κ1) is 13.0. The summed E-state index contributed by atoms with van der Waals surface area (Å²) in [4.78, 5) is 30.9. The third-order valence-corrected chi connectivity index (χ3v) is 0.268. The highest BCUT2D eigenvalue weighted by atomic mass is 31.2. The molecule has 0 saturated carbocycles. The van der Waals surface area contributed by atoms with Gasteiger partial charge in [0.25, 0.3) is 0 Å². The van der Waals surface area contributed by atoms with Gasteiger partial charge in [-0.3, -0.25) is 0 Å². The summed E-state index contributed by atoms with van der Waals surface area (Å²) in [6, 6.07) is 0. The Morgan fingerprint density at radius 3 is 1.73 bits per heavy atom. The van der Waals surface area contributed by atoms with Gasteiger partial charge in [0, 0.05) is 0 Å². The van der Waals surface area contributed by atoms with Crippen molar-refractivity contribution in [2.24, 2.45) is 0 Å². The summed E-state index contributed by atoms with van der Waals surface area (Å²) in [6.07, 6.45) is -1.21. The van der Waals surface area contributed by atoms with Crippen molar-refractivity contribution in [1.82, 2.24) is 0 Å². The van der Waals surface area contributed by atoms with Crippen LogP contribution in [-0.2, 0) is 9.30 Å². The molecule has 11 heavy (non-hydrogen) atoms.